The van der Waals surface area contributed by atoms with Crippen molar-refractivity contribution in [1.82, 2.24) is 0 Å². The summed E-state index contributed by atoms with van der Waals surface area (Å²) in [4.78, 5) is 0. The Kier molecular flexibility index (Phi) is 7.86. The maximum absolute atomic E-state index is 5.92. The van der Waals surface area contributed by atoms with Crippen LogP contribution in [-0.4, -0.2) is 13.6 Å². The summed E-state index contributed by atoms with van der Waals surface area (Å²) in [5.41, 5.74) is 12.1. The third-order valence-electron chi connectivity index (χ3n) is 3.29. The van der Waals surface area contributed by atoms with Gasteiger partial charge in [0.05, 0.1) is 0 Å². The van der Waals surface area contributed by atoms with E-state index in [1.807, 2.05) is 12.2 Å². The highest BCUT2D eigenvalue weighted by molar-refractivity contribution is 5.29. The fraction of sp³-hybridized carbons (Fsp3) is 0.571. The molecule has 2 nitrogen and oxygen atoms in total. The first-order valence-corrected chi connectivity index (χ1v) is 6.03. The molecule has 1 aliphatic rings. The van der Waals surface area contributed by atoms with Gasteiger partial charge in [0.2, 0.25) is 0 Å². The molecule has 4 N–H and O–H groups in total. The van der Waals surface area contributed by atoms with Crippen LogP contribution in [0.1, 0.15) is 32.6 Å². The predicted octanol–water partition coefficient (Wildman–Crippen LogP) is 2.77. The van der Waals surface area contributed by atoms with Crippen LogP contribution in [0.3, 0.4) is 0 Å². The Morgan fingerprint density at radius 1 is 1.31 bits per heavy atom. The van der Waals surface area contributed by atoms with Crippen molar-refractivity contribution in [2.75, 3.05) is 13.6 Å². The summed E-state index contributed by atoms with van der Waals surface area (Å²) >= 11 is 0. The lowest BCUT2D eigenvalue weighted by molar-refractivity contribution is 0.389. The minimum absolute atomic E-state index is 0.258. The average Bonchev–Trinajstić information content (AvgIpc) is 2.83. The summed E-state index contributed by atoms with van der Waals surface area (Å²) in [5, 5.41) is 0. The molecule has 0 aromatic carbocycles. The molecule has 1 rings (SSSR count). The lowest BCUT2D eigenvalue weighted by Crippen LogP contribution is -2.28. The Labute approximate surface area is 100 Å². The number of allylic oxidation sites excluding steroid dienone is 4. The van der Waals surface area contributed by atoms with Gasteiger partial charge in [0.1, 0.15) is 0 Å². The zero-order valence-corrected chi connectivity index (χ0v) is 10.7. The van der Waals surface area contributed by atoms with Gasteiger partial charge in [0.25, 0.3) is 0 Å². The van der Waals surface area contributed by atoms with Gasteiger partial charge < -0.3 is 11.5 Å². The molecule has 1 aliphatic carbocycles. The number of hydrogen-bond donors (Lipinski definition) is 2. The van der Waals surface area contributed by atoms with Crippen molar-refractivity contribution in [3.8, 4) is 0 Å². The SMILES string of the molecule is C=C/C=C\C(=C/C)C1(CN)CCCC1.CN. The maximum Gasteiger partial charge on any atom is 0.00723 e. The van der Waals surface area contributed by atoms with Gasteiger partial charge in [-0.1, -0.05) is 43.7 Å². The summed E-state index contributed by atoms with van der Waals surface area (Å²) in [6, 6.07) is 0. The molecule has 92 valence electrons. The van der Waals surface area contributed by atoms with Crippen LogP contribution >= 0.6 is 0 Å². The van der Waals surface area contributed by atoms with E-state index in [0.717, 1.165) is 6.54 Å². The van der Waals surface area contributed by atoms with Gasteiger partial charge >= 0.3 is 0 Å². The Hall–Kier alpha value is -0.860. The second kappa shape index (κ2) is 8.31. The van der Waals surface area contributed by atoms with Crippen LogP contribution in [-0.2, 0) is 0 Å². The lowest BCUT2D eigenvalue weighted by Gasteiger charge is -2.28. The van der Waals surface area contributed by atoms with Gasteiger partial charge in [0, 0.05) is 12.0 Å². The number of hydrogen-bond acceptors (Lipinski definition) is 2. The van der Waals surface area contributed by atoms with E-state index in [-0.39, 0.29) is 5.41 Å². The summed E-state index contributed by atoms with van der Waals surface area (Å²) in [7, 11) is 1.50. The molecule has 0 aromatic heterocycles. The average molecular weight is 222 g/mol. The first-order chi connectivity index (χ1) is 7.79. The van der Waals surface area contributed by atoms with E-state index in [0.29, 0.717) is 0 Å². The van der Waals surface area contributed by atoms with Gasteiger partial charge in [-0.2, -0.15) is 0 Å². The quantitative estimate of drug-likeness (QED) is 0.719. The monoisotopic (exact) mass is 222 g/mol. The first-order valence-electron chi connectivity index (χ1n) is 6.03. The zero-order chi connectivity index (χ0) is 12.4. The minimum atomic E-state index is 0.258. The first kappa shape index (κ1) is 15.1. The molecule has 0 spiro atoms. The molecule has 0 amide bonds. The minimum Gasteiger partial charge on any atom is -0.333 e. The van der Waals surface area contributed by atoms with Crippen LogP contribution in [0, 0.1) is 5.41 Å². The van der Waals surface area contributed by atoms with Crippen LogP contribution < -0.4 is 11.5 Å². The largest absolute Gasteiger partial charge is 0.333 e. The van der Waals surface area contributed by atoms with Crippen molar-refractivity contribution < 1.29 is 0 Å². The molecule has 2 heteroatoms. The molecule has 0 atom stereocenters. The third kappa shape index (κ3) is 3.62. The molecule has 0 saturated heterocycles. The van der Waals surface area contributed by atoms with Crippen molar-refractivity contribution in [2.45, 2.75) is 32.6 Å². The Morgan fingerprint density at radius 3 is 2.25 bits per heavy atom. The van der Waals surface area contributed by atoms with E-state index in [1.54, 1.807) is 0 Å². The van der Waals surface area contributed by atoms with Crippen molar-refractivity contribution in [1.29, 1.82) is 0 Å². The Morgan fingerprint density at radius 2 is 1.88 bits per heavy atom. The molecule has 0 aliphatic heterocycles. The Bertz CT molecular complexity index is 245. The summed E-state index contributed by atoms with van der Waals surface area (Å²) < 4.78 is 0. The van der Waals surface area contributed by atoms with E-state index < -0.39 is 0 Å². The molecular weight excluding hydrogens is 196 g/mol. The van der Waals surface area contributed by atoms with Crippen LogP contribution in [0.5, 0.6) is 0 Å². The molecule has 0 bridgehead atoms. The number of nitrogens with two attached hydrogens (primary N) is 2. The molecule has 1 fully saturated rings. The van der Waals surface area contributed by atoms with Gasteiger partial charge in [-0.25, -0.2) is 0 Å². The van der Waals surface area contributed by atoms with Gasteiger partial charge in [0.15, 0.2) is 0 Å². The molecule has 0 heterocycles. The van der Waals surface area contributed by atoms with Crippen LogP contribution in [0.25, 0.3) is 0 Å². The van der Waals surface area contributed by atoms with E-state index in [2.05, 4.69) is 31.4 Å². The topological polar surface area (TPSA) is 52.0 Å². The van der Waals surface area contributed by atoms with Gasteiger partial charge in [-0.3, -0.25) is 0 Å². The van der Waals surface area contributed by atoms with Crippen molar-refractivity contribution in [3.05, 3.63) is 36.5 Å². The van der Waals surface area contributed by atoms with E-state index in [1.165, 1.54) is 38.3 Å². The van der Waals surface area contributed by atoms with Gasteiger partial charge in [-0.15, -0.1) is 0 Å². The van der Waals surface area contributed by atoms with Crippen molar-refractivity contribution >= 4 is 0 Å². The van der Waals surface area contributed by atoms with E-state index in [9.17, 15) is 0 Å². The Balaban J connectivity index is 0.00000106. The summed E-state index contributed by atoms with van der Waals surface area (Å²) in [6.45, 7) is 6.56. The maximum atomic E-state index is 5.92. The van der Waals surface area contributed by atoms with Crippen LogP contribution in [0.15, 0.2) is 36.5 Å². The summed E-state index contributed by atoms with van der Waals surface area (Å²) in [5.74, 6) is 0. The molecule has 0 radical (unpaired) electrons. The zero-order valence-electron chi connectivity index (χ0n) is 10.7. The van der Waals surface area contributed by atoms with E-state index in [4.69, 9.17) is 5.73 Å². The highest BCUT2D eigenvalue weighted by atomic mass is 14.6. The van der Waals surface area contributed by atoms with Crippen LogP contribution in [0.2, 0.25) is 0 Å². The smallest absolute Gasteiger partial charge is 0.00723 e. The second-order valence-corrected chi connectivity index (χ2v) is 4.03. The highest BCUT2D eigenvalue weighted by Gasteiger charge is 2.34. The number of rotatable bonds is 4. The molecule has 16 heavy (non-hydrogen) atoms. The normalized spacial score (nSPS) is 19.4. The molecular formula is C14H26N2. The van der Waals surface area contributed by atoms with Crippen molar-refractivity contribution in [3.63, 3.8) is 0 Å². The van der Waals surface area contributed by atoms with Gasteiger partial charge in [-0.05, 0) is 32.4 Å². The predicted molar refractivity (Wildman–Crippen MR) is 73.2 cm³/mol. The van der Waals surface area contributed by atoms with Crippen LogP contribution in [0.4, 0.5) is 0 Å². The molecule has 0 aromatic rings. The molecule has 1 saturated carbocycles. The highest BCUT2D eigenvalue weighted by Crippen LogP contribution is 2.43. The fourth-order valence-corrected chi connectivity index (χ4v) is 2.41. The molecule has 0 unspecified atom stereocenters. The summed E-state index contributed by atoms with van der Waals surface area (Å²) in [6.07, 6.45) is 13.3. The second-order valence-electron chi connectivity index (χ2n) is 4.03. The standard InChI is InChI=1S/C13H21N.CH5N/c1-3-5-8-12(4-2)13(11-14)9-6-7-10-13;1-2/h3-5,8H,1,6-7,9-11,14H2,2H3;2H2,1H3/b8-5-,12-4+;. The third-order valence-corrected chi connectivity index (χ3v) is 3.29. The fourth-order valence-electron chi connectivity index (χ4n) is 2.41. The van der Waals surface area contributed by atoms with E-state index >= 15 is 0 Å². The lowest BCUT2D eigenvalue weighted by atomic mass is 9.78. The van der Waals surface area contributed by atoms with Crippen molar-refractivity contribution in [2.24, 2.45) is 16.9 Å².